The summed E-state index contributed by atoms with van der Waals surface area (Å²) in [5.41, 5.74) is 0. The lowest BCUT2D eigenvalue weighted by Gasteiger charge is -2.47. The van der Waals surface area contributed by atoms with Gasteiger partial charge in [0.05, 0.1) is 6.26 Å². The Hall–Kier alpha value is -0.620. The van der Waals surface area contributed by atoms with Crippen LogP contribution in [0.5, 0.6) is 0 Å². The van der Waals surface area contributed by atoms with Crippen LogP contribution in [0.15, 0.2) is 0 Å². The number of nitrogens with zero attached hydrogens (tertiary/aromatic N) is 2. The van der Waals surface area contributed by atoms with Crippen molar-refractivity contribution in [2.24, 2.45) is 11.8 Å². The molecule has 1 amide bonds. The van der Waals surface area contributed by atoms with Crippen molar-refractivity contribution in [2.45, 2.75) is 57.4 Å². The standard InChI is InChI=1S/C16H28N2O3S/c1-22(20,21)17-11-9-15-14(12-17)8-5-10-18(15)16(19)13-6-3-2-4-7-13/h13-15H,2-12H2,1H3/t14-,15+/m1/s1. The fourth-order valence-corrected chi connectivity index (χ4v) is 5.43. The molecule has 2 heterocycles. The van der Waals surface area contributed by atoms with Crippen molar-refractivity contribution in [1.29, 1.82) is 0 Å². The molecule has 1 aliphatic carbocycles. The lowest BCUT2D eigenvalue weighted by Crippen LogP contribution is -2.57. The van der Waals surface area contributed by atoms with Crippen molar-refractivity contribution in [3.8, 4) is 0 Å². The normalized spacial score (nSPS) is 31.8. The van der Waals surface area contributed by atoms with Crippen LogP contribution in [-0.2, 0) is 14.8 Å². The van der Waals surface area contributed by atoms with E-state index in [1.165, 1.54) is 25.5 Å². The lowest BCUT2D eigenvalue weighted by molar-refractivity contribution is -0.143. The number of carbonyl (C=O) groups is 1. The van der Waals surface area contributed by atoms with E-state index in [1.54, 1.807) is 4.31 Å². The van der Waals surface area contributed by atoms with Gasteiger partial charge < -0.3 is 4.90 Å². The SMILES string of the molecule is CS(=O)(=O)N1CC[C@H]2[C@H](CCCN2C(=O)C2CCCCC2)C1. The average Bonchev–Trinajstić information content (AvgIpc) is 2.53. The van der Waals surface area contributed by atoms with Crippen LogP contribution in [0.1, 0.15) is 51.4 Å². The van der Waals surface area contributed by atoms with E-state index >= 15 is 0 Å². The van der Waals surface area contributed by atoms with E-state index in [4.69, 9.17) is 0 Å². The molecular formula is C16H28N2O3S. The van der Waals surface area contributed by atoms with Gasteiger partial charge in [-0.25, -0.2) is 12.7 Å². The minimum atomic E-state index is -3.10. The maximum absolute atomic E-state index is 12.9. The highest BCUT2D eigenvalue weighted by molar-refractivity contribution is 7.88. The average molecular weight is 328 g/mol. The molecule has 1 saturated carbocycles. The third kappa shape index (κ3) is 3.32. The number of carbonyl (C=O) groups excluding carboxylic acids is 1. The molecular weight excluding hydrogens is 300 g/mol. The summed E-state index contributed by atoms with van der Waals surface area (Å²) in [7, 11) is -3.10. The molecule has 0 bridgehead atoms. The van der Waals surface area contributed by atoms with Crippen LogP contribution >= 0.6 is 0 Å². The van der Waals surface area contributed by atoms with Gasteiger partial charge in [-0.05, 0) is 38.0 Å². The zero-order valence-electron chi connectivity index (χ0n) is 13.5. The van der Waals surface area contributed by atoms with Crippen molar-refractivity contribution < 1.29 is 13.2 Å². The molecule has 2 saturated heterocycles. The van der Waals surface area contributed by atoms with Gasteiger partial charge in [-0.3, -0.25) is 4.79 Å². The van der Waals surface area contributed by atoms with Crippen LogP contribution in [0, 0.1) is 11.8 Å². The number of hydrogen-bond donors (Lipinski definition) is 0. The Morgan fingerprint density at radius 3 is 2.36 bits per heavy atom. The van der Waals surface area contributed by atoms with Crippen LogP contribution in [0.25, 0.3) is 0 Å². The molecule has 0 N–H and O–H groups in total. The minimum absolute atomic E-state index is 0.223. The Labute approximate surface area is 134 Å². The fourth-order valence-electron chi connectivity index (χ4n) is 4.53. The summed E-state index contributed by atoms with van der Waals surface area (Å²) in [6.07, 6.45) is 9.86. The van der Waals surface area contributed by atoms with Crippen LogP contribution in [0.3, 0.4) is 0 Å². The molecule has 0 aromatic heterocycles. The molecule has 2 atom stereocenters. The van der Waals surface area contributed by atoms with E-state index in [1.807, 2.05) is 0 Å². The Morgan fingerprint density at radius 2 is 1.68 bits per heavy atom. The van der Waals surface area contributed by atoms with Crippen molar-refractivity contribution in [2.75, 3.05) is 25.9 Å². The van der Waals surface area contributed by atoms with Crippen LogP contribution in [-0.4, -0.2) is 55.5 Å². The van der Waals surface area contributed by atoms with Crippen LogP contribution in [0.4, 0.5) is 0 Å². The first kappa shape index (κ1) is 16.2. The number of piperidine rings is 2. The zero-order valence-corrected chi connectivity index (χ0v) is 14.4. The molecule has 5 nitrogen and oxygen atoms in total. The second-order valence-corrected chi connectivity index (χ2v) is 9.23. The molecule has 2 aliphatic heterocycles. The second kappa shape index (κ2) is 6.48. The van der Waals surface area contributed by atoms with Gasteiger partial charge in [-0.2, -0.15) is 0 Å². The van der Waals surface area contributed by atoms with E-state index in [-0.39, 0.29) is 12.0 Å². The van der Waals surface area contributed by atoms with Crippen molar-refractivity contribution in [1.82, 2.24) is 9.21 Å². The molecule has 22 heavy (non-hydrogen) atoms. The highest BCUT2D eigenvalue weighted by Gasteiger charge is 2.41. The molecule has 0 spiro atoms. The molecule has 0 aromatic rings. The summed E-state index contributed by atoms with van der Waals surface area (Å²) in [5.74, 6) is 0.896. The highest BCUT2D eigenvalue weighted by atomic mass is 32.2. The van der Waals surface area contributed by atoms with E-state index in [0.29, 0.717) is 24.9 Å². The lowest BCUT2D eigenvalue weighted by atomic mass is 9.82. The number of sulfonamides is 1. The van der Waals surface area contributed by atoms with Crippen molar-refractivity contribution in [3.63, 3.8) is 0 Å². The summed E-state index contributed by atoms with van der Waals surface area (Å²) in [6.45, 7) is 2.03. The third-order valence-corrected chi connectivity index (χ3v) is 7.01. The Kier molecular flexibility index (Phi) is 4.78. The van der Waals surface area contributed by atoms with E-state index in [0.717, 1.165) is 38.6 Å². The van der Waals surface area contributed by atoms with Gasteiger partial charge in [0.2, 0.25) is 15.9 Å². The van der Waals surface area contributed by atoms with Gasteiger partial charge in [0, 0.05) is 31.6 Å². The number of hydrogen-bond acceptors (Lipinski definition) is 3. The van der Waals surface area contributed by atoms with Crippen LogP contribution < -0.4 is 0 Å². The number of rotatable bonds is 2. The zero-order chi connectivity index (χ0) is 15.7. The number of likely N-dealkylation sites (tertiary alicyclic amines) is 1. The van der Waals surface area contributed by atoms with E-state index in [2.05, 4.69) is 4.90 Å². The first-order chi connectivity index (χ1) is 10.5. The summed E-state index contributed by atoms with van der Waals surface area (Å²) < 4.78 is 25.1. The summed E-state index contributed by atoms with van der Waals surface area (Å²) in [6, 6.07) is 0.265. The first-order valence-electron chi connectivity index (χ1n) is 8.72. The monoisotopic (exact) mass is 328 g/mol. The maximum atomic E-state index is 12.9. The quantitative estimate of drug-likeness (QED) is 0.777. The van der Waals surface area contributed by atoms with E-state index < -0.39 is 10.0 Å². The second-order valence-electron chi connectivity index (χ2n) is 7.25. The summed E-state index contributed by atoms with van der Waals surface area (Å²) in [5, 5.41) is 0. The molecule has 0 aromatic carbocycles. The number of fused-ring (bicyclic) bond motifs is 1. The smallest absolute Gasteiger partial charge is 0.225 e. The number of amides is 1. The van der Waals surface area contributed by atoms with Gasteiger partial charge >= 0.3 is 0 Å². The molecule has 6 heteroatoms. The Balaban J connectivity index is 1.68. The Bertz CT molecular complexity index is 513. The van der Waals surface area contributed by atoms with Gasteiger partial charge in [-0.15, -0.1) is 0 Å². The topological polar surface area (TPSA) is 57.7 Å². The third-order valence-electron chi connectivity index (χ3n) is 5.74. The van der Waals surface area contributed by atoms with Gasteiger partial charge in [0.25, 0.3) is 0 Å². The van der Waals surface area contributed by atoms with Gasteiger partial charge in [0.15, 0.2) is 0 Å². The molecule has 0 unspecified atom stereocenters. The first-order valence-corrected chi connectivity index (χ1v) is 10.6. The predicted octanol–water partition coefficient (Wildman–Crippen LogP) is 1.84. The maximum Gasteiger partial charge on any atom is 0.225 e. The van der Waals surface area contributed by atoms with Gasteiger partial charge in [-0.1, -0.05) is 19.3 Å². The molecule has 0 radical (unpaired) electrons. The predicted molar refractivity (Wildman–Crippen MR) is 85.8 cm³/mol. The summed E-state index contributed by atoms with van der Waals surface area (Å²) >= 11 is 0. The molecule has 126 valence electrons. The molecule has 3 rings (SSSR count). The minimum Gasteiger partial charge on any atom is -0.339 e. The summed E-state index contributed by atoms with van der Waals surface area (Å²) in [4.78, 5) is 15.0. The van der Waals surface area contributed by atoms with Gasteiger partial charge in [0.1, 0.15) is 0 Å². The molecule has 3 fully saturated rings. The van der Waals surface area contributed by atoms with Crippen molar-refractivity contribution in [3.05, 3.63) is 0 Å². The Morgan fingerprint density at radius 1 is 0.955 bits per heavy atom. The molecule has 3 aliphatic rings. The fraction of sp³-hybridized carbons (Fsp3) is 0.938. The highest BCUT2D eigenvalue weighted by Crippen LogP contribution is 2.34. The van der Waals surface area contributed by atoms with Crippen molar-refractivity contribution >= 4 is 15.9 Å². The van der Waals surface area contributed by atoms with Crippen LogP contribution in [0.2, 0.25) is 0 Å². The largest absolute Gasteiger partial charge is 0.339 e. The van der Waals surface area contributed by atoms with E-state index in [9.17, 15) is 13.2 Å².